The highest BCUT2D eigenvalue weighted by atomic mass is 15.3. The van der Waals surface area contributed by atoms with Crippen LogP contribution in [0.3, 0.4) is 0 Å². The van der Waals surface area contributed by atoms with Crippen molar-refractivity contribution in [2.24, 2.45) is 0 Å². The highest BCUT2D eigenvalue weighted by Gasteiger charge is 2.21. The molecule has 3 aromatic rings. The molecule has 0 aliphatic carbocycles. The predicted molar refractivity (Wildman–Crippen MR) is 114 cm³/mol. The van der Waals surface area contributed by atoms with Gasteiger partial charge in [0.2, 0.25) is 0 Å². The Labute approximate surface area is 161 Å². The van der Waals surface area contributed by atoms with Crippen molar-refractivity contribution in [1.82, 2.24) is 9.78 Å². The van der Waals surface area contributed by atoms with E-state index >= 15 is 0 Å². The molecule has 4 rings (SSSR count). The van der Waals surface area contributed by atoms with Crippen molar-refractivity contribution in [3.63, 3.8) is 0 Å². The van der Waals surface area contributed by atoms with Gasteiger partial charge in [-0.2, -0.15) is 5.10 Å². The van der Waals surface area contributed by atoms with E-state index < -0.39 is 0 Å². The smallest absolute Gasteiger partial charge is 0.133 e. The summed E-state index contributed by atoms with van der Waals surface area (Å²) in [5.74, 6) is 1.16. The monoisotopic (exact) mass is 360 g/mol. The van der Waals surface area contributed by atoms with Crippen molar-refractivity contribution in [2.45, 2.75) is 32.6 Å². The highest BCUT2D eigenvalue weighted by molar-refractivity contribution is 5.72. The van der Waals surface area contributed by atoms with Gasteiger partial charge in [-0.05, 0) is 55.5 Å². The van der Waals surface area contributed by atoms with Crippen LogP contribution in [-0.2, 0) is 12.8 Å². The minimum atomic E-state index is 1.00. The Bertz CT molecular complexity index is 905. The third-order valence-electron chi connectivity index (χ3n) is 5.38. The second-order valence-corrected chi connectivity index (χ2v) is 7.43. The molecule has 1 N–H and O–H groups in total. The molecule has 1 aliphatic rings. The summed E-state index contributed by atoms with van der Waals surface area (Å²) in [4.78, 5) is 2.12. The number of hydrogen-bond acceptors (Lipinski definition) is 3. The summed E-state index contributed by atoms with van der Waals surface area (Å²) in [6.45, 7) is 3.19. The molecule has 140 valence electrons. The molecule has 1 aliphatic heterocycles. The van der Waals surface area contributed by atoms with E-state index in [0.29, 0.717) is 0 Å². The molecule has 2 heterocycles. The number of nitrogens with one attached hydrogen (secondary N) is 1. The van der Waals surface area contributed by atoms with Gasteiger partial charge < -0.3 is 10.2 Å². The van der Waals surface area contributed by atoms with Gasteiger partial charge in [-0.15, -0.1) is 0 Å². The number of nitrogens with zero attached hydrogens (tertiary/aromatic N) is 3. The van der Waals surface area contributed by atoms with E-state index in [2.05, 4.69) is 84.4 Å². The zero-order valence-electron chi connectivity index (χ0n) is 16.5. The molecule has 0 bridgehead atoms. The summed E-state index contributed by atoms with van der Waals surface area (Å²) >= 11 is 0. The van der Waals surface area contributed by atoms with E-state index in [1.165, 1.54) is 35.2 Å². The standard InChI is InChI=1S/C23H28N4/c1-4-17-8-12-20(13-9-17)27-23-21(7-5-6-16-24-23)22(25-27)18-10-14-19(15-11-18)26(2)3/h8-15,24H,4-7,16H2,1-3H3. The van der Waals surface area contributed by atoms with Gasteiger partial charge >= 0.3 is 0 Å². The molecule has 0 amide bonds. The first kappa shape index (κ1) is 17.7. The summed E-state index contributed by atoms with van der Waals surface area (Å²) in [7, 11) is 4.14. The molecule has 4 heteroatoms. The van der Waals surface area contributed by atoms with Crippen LogP contribution in [0.5, 0.6) is 0 Å². The molecule has 0 unspecified atom stereocenters. The minimum Gasteiger partial charge on any atom is -0.378 e. The Balaban J connectivity index is 1.80. The van der Waals surface area contributed by atoms with Crippen molar-refractivity contribution < 1.29 is 0 Å². The van der Waals surface area contributed by atoms with Gasteiger partial charge in [-0.25, -0.2) is 4.68 Å². The Kier molecular flexibility index (Phi) is 4.88. The fourth-order valence-electron chi connectivity index (χ4n) is 3.71. The van der Waals surface area contributed by atoms with Crippen LogP contribution in [0.25, 0.3) is 16.9 Å². The van der Waals surface area contributed by atoms with E-state index in [9.17, 15) is 0 Å². The zero-order chi connectivity index (χ0) is 18.8. The Morgan fingerprint density at radius 1 is 1.00 bits per heavy atom. The lowest BCUT2D eigenvalue weighted by atomic mass is 10.0. The maximum Gasteiger partial charge on any atom is 0.133 e. The number of rotatable bonds is 4. The lowest BCUT2D eigenvalue weighted by molar-refractivity contribution is 0.780. The second kappa shape index (κ2) is 7.47. The largest absolute Gasteiger partial charge is 0.378 e. The maximum atomic E-state index is 5.04. The first-order valence-corrected chi connectivity index (χ1v) is 9.90. The van der Waals surface area contributed by atoms with E-state index in [0.717, 1.165) is 36.6 Å². The van der Waals surface area contributed by atoms with Crippen LogP contribution in [0.15, 0.2) is 48.5 Å². The molecule has 0 saturated carbocycles. The summed E-state index contributed by atoms with van der Waals surface area (Å²) in [6, 6.07) is 17.5. The van der Waals surface area contributed by atoms with Crippen LogP contribution in [0.2, 0.25) is 0 Å². The summed E-state index contributed by atoms with van der Waals surface area (Å²) in [6.07, 6.45) is 4.52. The van der Waals surface area contributed by atoms with Gasteiger partial charge in [0.25, 0.3) is 0 Å². The molecule has 2 aromatic carbocycles. The Hall–Kier alpha value is -2.75. The first-order chi connectivity index (χ1) is 13.2. The van der Waals surface area contributed by atoms with Crippen LogP contribution < -0.4 is 10.2 Å². The van der Waals surface area contributed by atoms with Crippen molar-refractivity contribution in [2.75, 3.05) is 30.9 Å². The van der Waals surface area contributed by atoms with Crippen LogP contribution in [0.4, 0.5) is 11.5 Å². The molecule has 0 saturated heterocycles. The van der Waals surface area contributed by atoms with Gasteiger partial charge in [0.15, 0.2) is 0 Å². The van der Waals surface area contributed by atoms with Gasteiger partial charge in [-0.3, -0.25) is 0 Å². The fraction of sp³-hybridized carbons (Fsp3) is 0.348. The molecule has 0 radical (unpaired) electrons. The normalized spacial score (nSPS) is 13.6. The van der Waals surface area contributed by atoms with E-state index in [1.54, 1.807) is 0 Å². The van der Waals surface area contributed by atoms with E-state index in [-0.39, 0.29) is 0 Å². The third kappa shape index (κ3) is 3.44. The predicted octanol–water partition coefficient (Wildman–Crippen LogP) is 4.92. The van der Waals surface area contributed by atoms with Gasteiger partial charge in [0.05, 0.1) is 11.4 Å². The number of aryl methyl sites for hydroxylation is 1. The fourth-order valence-corrected chi connectivity index (χ4v) is 3.71. The van der Waals surface area contributed by atoms with Crippen molar-refractivity contribution in [3.05, 3.63) is 59.7 Å². The van der Waals surface area contributed by atoms with Crippen LogP contribution in [0.1, 0.15) is 30.9 Å². The molecule has 1 aromatic heterocycles. The summed E-state index contributed by atoms with van der Waals surface area (Å²) in [5.41, 5.74) is 7.30. The average Bonchev–Trinajstić information content (AvgIpc) is 2.89. The molecule has 0 atom stereocenters. The Morgan fingerprint density at radius 2 is 1.74 bits per heavy atom. The molecule has 0 spiro atoms. The van der Waals surface area contributed by atoms with Crippen LogP contribution in [0, 0.1) is 0 Å². The van der Waals surface area contributed by atoms with E-state index in [1.807, 2.05) is 0 Å². The quantitative estimate of drug-likeness (QED) is 0.717. The SMILES string of the molecule is CCc1ccc(-n2nc(-c3ccc(N(C)C)cc3)c3c2NCCCC3)cc1. The number of fused-ring (bicyclic) bond motifs is 1. The van der Waals surface area contributed by atoms with Crippen molar-refractivity contribution in [3.8, 4) is 16.9 Å². The lowest BCUT2D eigenvalue weighted by Gasteiger charge is -2.12. The topological polar surface area (TPSA) is 33.1 Å². The zero-order valence-corrected chi connectivity index (χ0v) is 16.5. The highest BCUT2D eigenvalue weighted by Crippen LogP contribution is 2.34. The molecule has 0 fully saturated rings. The van der Waals surface area contributed by atoms with E-state index in [4.69, 9.17) is 5.10 Å². The first-order valence-electron chi connectivity index (χ1n) is 9.90. The number of hydrogen-bond donors (Lipinski definition) is 1. The maximum absolute atomic E-state index is 5.04. The molecule has 27 heavy (non-hydrogen) atoms. The molecule has 4 nitrogen and oxygen atoms in total. The van der Waals surface area contributed by atoms with Crippen LogP contribution in [-0.4, -0.2) is 30.4 Å². The Morgan fingerprint density at radius 3 is 2.41 bits per heavy atom. The summed E-state index contributed by atoms with van der Waals surface area (Å²) in [5, 5.41) is 8.68. The third-order valence-corrected chi connectivity index (χ3v) is 5.38. The summed E-state index contributed by atoms with van der Waals surface area (Å²) < 4.78 is 2.09. The average molecular weight is 361 g/mol. The number of anilines is 2. The van der Waals surface area contributed by atoms with Gasteiger partial charge in [-0.1, -0.05) is 31.2 Å². The van der Waals surface area contributed by atoms with Crippen LogP contribution >= 0.6 is 0 Å². The number of aromatic nitrogens is 2. The van der Waals surface area contributed by atoms with Crippen molar-refractivity contribution >= 4 is 11.5 Å². The minimum absolute atomic E-state index is 1.00. The van der Waals surface area contributed by atoms with Crippen molar-refractivity contribution in [1.29, 1.82) is 0 Å². The lowest BCUT2D eigenvalue weighted by Crippen LogP contribution is -2.08. The second-order valence-electron chi connectivity index (χ2n) is 7.43. The van der Waals surface area contributed by atoms with Gasteiger partial charge in [0.1, 0.15) is 5.82 Å². The van der Waals surface area contributed by atoms with Gasteiger partial charge in [0, 0.05) is 37.5 Å². The number of benzene rings is 2. The molecular weight excluding hydrogens is 332 g/mol. The molecular formula is C23H28N4.